The maximum absolute atomic E-state index is 13.6. The van der Waals surface area contributed by atoms with Crippen LogP contribution in [-0.4, -0.2) is 58.8 Å². The highest BCUT2D eigenvalue weighted by Gasteiger charge is 2.34. The molecule has 1 N–H and O–H groups in total. The number of amides is 2. The normalized spacial score (nSPS) is 18.2. The predicted molar refractivity (Wildman–Crippen MR) is 122 cm³/mol. The quantitative estimate of drug-likeness (QED) is 0.791. The predicted octanol–water partition coefficient (Wildman–Crippen LogP) is 3.11. The van der Waals surface area contributed by atoms with Crippen molar-refractivity contribution in [3.63, 3.8) is 0 Å². The highest BCUT2D eigenvalue weighted by Crippen LogP contribution is 2.35. The summed E-state index contributed by atoms with van der Waals surface area (Å²) < 4.78 is 5.55. The average Bonchev–Trinajstić information content (AvgIpc) is 2.82. The summed E-state index contributed by atoms with van der Waals surface area (Å²) in [6.45, 7) is 5.32. The number of para-hydroxylation sites is 1. The molecule has 1 fully saturated rings. The van der Waals surface area contributed by atoms with Crippen molar-refractivity contribution in [2.45, 2.75) is 52.1 Å². The average molecular weight is 438 g/mol. The van der Waals surface area contributed by atoms with Crippen LogP contribution in [0.15, 0.2) is 18.2 Å². The molecule has 0 spiro atoms. The lowest BCUT2D eigenvalue weighted by molar-refractivity contribution is -0.129. The molecule has 0 saturated carbocycles. The maximum atomic E-state index is 13.6. The number of carbonyl (C=O) groups excluding carboxylic acids is 2. The summed E-state index contributed by atoms with van der Waals surface area (Å²) in [7, 11) is 3.45. The van der Waals surface area contributed by atoms with Crippen LogP contribution >= 0.6 is 0 Å². The highest BCUT2D eigenvalue weighted by atomic mass is 16.5. The van der Waals surface area contributed by atoms with Crippen LogP contribution in [0.25, 0.3) is 0 Å². The van der Waals surface area contributed by atoms with Crippen molar-refractivity contribution in [2.75, 3.05) is 32.6 Å². The standard InChI is InChI=1S/C24H31N5O3/c1-15-8-7-9-18(21(15)32-4)24(31)29-12-6-5-10-20(29)23-26-19-14-28(16(2)30)13-11-17(19)22(25-3)27-23/h7-9,20H,5-6,10-14H2,1-4H3,(H,25,26,27)/t20-/m0/s1. The molecule has 32 heavy (non-hydrogen) atoms. The zero-order valence-electron chi connectivity index (χ0n) is 19.3. The van der Waals surface area contributed by atoms with Crippen LogP contribution in [-0.2, 0) is 17.8 Å². The van der Waals surface area contributed by atoms with Gasteiger partial charge in [-0.1, -0.05) is 12.1 Å². The summed E-state index contributed by atoms with van der Waals surface area (Å²) in [5, 5.41) is 3.20. The third-order valence-electron chi connectivity index (χ3n) is 6.47. The number of aromatic nitrogens is 2. The summed E-state index contributed by atoms with van der Waals surface area (Å²) in [5.74, 6) is 2.02. The number of carbonyl (C=O) groups is 2. The second kappa shape index (κ2) is 9.14. The smallest absolute Gasteiger partial charge is 0.258 e. The number of aryl methyl sites for hydroxylation is 1. The SMILES string of the molecule is CNc1nc([C@@H]2CCCCN2C(=O)c2cccc(C)c2OC)nc2c1CCN(C(C)=O)C2. The lowest BCUT2D eigenvalue weighted by Crippen LogP contribution is -2.40. The van der Waals surface area contributed by atoms with E-state index in [1.54, 1.807) is 18.9 Å². The molecule has 3 heterocycles. The lowest BCUT2D eigenvalue weighted by atomic mass is 9.98. The summed E-state index contributed by atoms with van der Waals surface area (Å²) in [5.41, 5.74) is 3.42. The zero-order chi connectivity index (χ0) is 22.8. The van der Waals surface area contributed by atoms with Gasteiger partial charge in [0, 0.05) is 32.6 Å². The third kappa shape index (κ3) is 4.01. The van der Waals surface area contributed by atoms with Crippen LogP contribution in [0.4, 0.5) is 5.82 Å². The third-order valence-corrected chi connectivity index (χ3v) is 6.47. The molecular formula is C24H31N5O3. The Bertz CT molecular complexity index is 1040. The molecule has 8 heteroatoms. The van der Waals surface area contributed by atoms with Crippen molar-refractivity contribution in [1.29, 1.82) is 0 Å². The minimum Gasteiger partial charge on any atom is -0.496 e. The minimum absolute atomic E-state index is 0.0443. The molecule has 2 aliphatic heterocycles. The van der Waals surface area contributed by atoms with Crippen LogP contribution in [0.3, 0.4) is 0 Å². The number of methoxy groups -OCH3 is 1. The highest BCUT2D eigenvalue weighted by molar-refractivity contribution is 5.97. The van der Waals surface area contributed by atoms with Gasteiger partial charge in [-0.15, -0.1) is 0 Å². The van der Waals surface area contributed by atoms with E-state index < -0.39 is 0 Å². The molecule has 0 bridgehead atoms. The summed E-state index contributed by atoms with van der Waals surface area (Å²) in [6, 6.07) is 5.42. The number of piperidine rings is 1. The Labute approximate surface area is 189 Å². The van der Waals surface area contributed by atoms with Crippen LogP contribution in [0.2, 0.25) is 0 Å². The molecule has 2 aliphatic rings. The summed E-state index contributed by atoms with van der Waals surface area (Å²) in [4.78, 5) is 39.0. The zero-order valence-corrected chi connectivity index (χ0v) is 19.3. The largest absolute Gasteiger partial charge is 0.496 e. The first kappa shape index (κ1) is 22.0. The molecule has 1 atom stereocenters. The fourth-order valence-electron chi connectivity index (χ4n) is 4.76. The van der Waals surface area contributed by atoms with Crippen LogP contribution in [0.5, 0.6) is 5.75 Å². The molecule has 170 valence electrons. The van der Waals surface area contributed by atoms with E-state index in [9.17, 15) is 9.59 Å². The van der Waals surface area contributed by atoms with Crippen molar-refractivity contribution in [3.8, 4) is 5.75 Å². The van der Waals surface area contributed by atoms with Gasteiger partial charge in [-0.3, -0.25) is 9.59 Å². The fourth-order valence-corrected chi connectivity index (χ4v) is 4.76. The maximum Gasteiger partial charge on any atom is 0.258 e. The number of nitrogens with zero attached hydrogens (tertiary/aromatic N) is 4. The van der Waals surface area contributed by atoms with E-state index in [1.165, 1.54) is 0 Å². The van der Waals surface area contributed by atoms with E-state index in [1.807, 2.05) is 37.1 Å². The fraction of sp³-hybridized carbons (Fsp3) is 0.500. The Hall–Kier alpha value is -3.16. The van der Waals surface area contributed by atoms with Gasteiger partial charge < -0.3 is 19.9 Å². The first-order chi connectivity index (χ1) is 15.4. The second-order valence-electron chi connectivity index (χ2n) is 8.46. The number of hydrogen-bond acceptors (Lipinski definition) is 6. The molecule has 1 saturated heterocycles. The molecular weight excluding hydrogens is 406 g/mol. The lowest BCUT2D eigenvalue weighted by Gasteiger charge is -2.36. The van der Waals surface area contributed by atoms with Gasteiger partial charge in [0.05, 0.1) is 31.0 Å². The van der Waals surface area contributed by atoms with Gasteiger partial charge in [-0.05, 0) is 44.2 Å². The van der Waals surface area contributed by atoms with Gasteiger partial charge in [-0.2, -0.15) is 0 Å². The minimum atomic E-state index is -0.216. The number of anilines is 1. The molecule has 0 aliphatic carbocycles. The first-order valence-corrected chi connectivity index (χ1v) is 11.2. The van der Waals surface area contributed by atoms with Crippen LogP contribution in [0, 0.1) is 6.92 Å². The van der Waals surface area contributed by atoms with Crippen molar-refractivity contribution in [3.05, 3.63) is 46.4 Å². The molecule has 0 unspecified atom stereocenters. The Kier molecular flexibility index (Phi) is 6.30. The summed E-state index contributed by atoms with van der Waals surface area (Å²) in [6.07, 6.45) is 3.48. The van der Waals surface area contributed by atoms with E-state index >= 15 is 0 Å². The second-order valence-corrected chi connectivity index (χ2v) is 8.46. The summed E-state index contributed by atoms with van der Waals surface area (Å²) >= 11 is 0. The van der Waals surface area contributed by atoms with Crippen molar-refractivity contribution in [2.24, 2.45) is 0 Å². The van der Waals surface area contributed by atoms with Crippen molar-refractivity contribution < 1.29 is 14.3 Å². The molecule has 1 aromatic carbocycles. The van der Waals surface area contributed by atoms with E-state index in [2.05, 4.69) is 5.32 Å². The van der Waals surface area contributed by atoms with Crippen molar-refractivity contribution in [1.82, 2.24) is 19.8 Å². The van der Waals surface area contributed by atoms with Crippen molar-refractivity contribution >= 4 is 17.6 Å². The van der Waals surface area contributed by atoms with Crippen LogP contribution in [0.1, 0.15) is 65.2 Å². The van der Waals surface area contributed by atoms with Gasteiger partial charge >= 0.3 is 0 Å². The monoisotopic (exact) mass is 437 g/mol. The number of fused-ring (bicyclic) bond motifs is 1. The number of rotatable bonds is 4. The Balaban J connectivity index is 1.72. The van der Waals surface area contributed by atoms with Gasteiger partial charge in [0.1, 0.15) is 11.6 Å². The number of hydrogen-bond donors (Lipinski definition) is 1. The molecule has 8 nitrogen and oxygen atoms in total. The van der Waals surface area contributed by atoms with Gasteiger partial charge in [-0.25, -0.2) is 9.97 Å². The van der Waals surface area contributed by atoms with E-state index in [0.717, 1.165) is 48.3 Å². The Morgan fingerprint density at radius 1 is 1.19 bits per heavy atom. The van der Waals surface area contributed by atoms with E-state index in [0.29, 0.717) is 36.8 Å². The van der Waals surface area contributed by atoms with E-state index in [-0.39, 0.29) is 17.9 Å². The number of ether oxygens (including phenoxy) is 1. The van der Waals surface area contributed by atoms with Gasteiger partial charge in [0.2, 0.25) is 5.91 Å². The molecule has 1 aromatic heterocycles. The Morgan fingerprint density at radius 2 is 2.00 bits per heavy atom. The molecule has 2 amide bonds. The van der Waals surface area contributed by atoms with E-state index in [4.69, 9.17) is 14.7 Å². The van der Waals surface area contributed by atoms with Gasteiger partial charge in [0.15, 0.2) is 5.82 Å². The topological polar surface area (TPSA) is 87.7 Å². The van der Waals surface area contributed by atoms with Crippen LogP contribution < -0.4 is 10.1 Å². The molecule has 2 aromatic rings. The number of benzene rings is 1. The number of nitrogens with one attached hydrogen (secondary N) is 1. The van der Waals surface area contributed by atoms with Gasteiger partial charge in [0.25, 0.3) is 5.91 Å². The molecule has 4 rings (SSSR count). The first-order valence-electron chi connectivity index (χ1n) is 11.2. The Morgan fingerprint density at radius 3 is 2.72 bits per heavy atom. The molecule has 0 radical (unpaired) electrons. The number of likely N-dealkylation sites (tertiary alicyclic amines) is 1.